The SMILES string of the molecule is CC(C)CCN(C(=O)C1(C(C)C)CCNC1)C1CC1. The van der Waals surface area contributed by atoms with Crippen molar-refractivity contribution in [3.63, 3.8) is 0 Å². The Balaban J connectivity index is 2.09. The second-order valence-corrected chi connectivity index (χ2v) is 7.15. The van der Waals surface area contributed by atoms with Gasteiger partial charge in [0.1, 0.15) is 0 Å². The maximum atomic E-state index is 13.1. The molecule has 1 heterocycles. The van der Waals surface area contributed by atoms with Crippen molar-refractivity contribution in [2.45, 2.75) is 59.4 Å². The van der Waals surface area contributed by atoms with Gasteiger partial charge in [-0.15, -0.1) is 0 Å². The molecule has 1 aliphatic carbocycles. The van der Waals surface area contributed by atoms with Crippen LogP contribution in [0.1, 0.15) is 53.4 Å². The van der Waals surface area contributed by atoms with E-state index in [0.29, 0.717) is 23.8 Å². The molecule has 0 aromatic rings. The van der Waals surface area contributed by atoms with Gasteiger partial charge in [-0.05, 0) is 44.1 Å². The van der Waals surface area contributed by atoms with E-state index < -0.39 is 0 Å². The Morgan fingerprint density at radius 2 is 2.00 bits per heavy atom. The van der Waals surface area contributed by atoms with Crippen LogP contribution in [-0.2, 0) is 4.79 Å². The van der Waals surface area contributed by atoms with E-state index >= 15 is 0 Å². The van der Waals surface area contributed by atoms with Crippen molar-refractivity contribution in [3.05, 3.63) is 0 Å². The van der Waals surface area contributed by atoms with Crippen LogP contribution < -0.4 is 5.32 Å². The fourth-order valence-corrected chi connectivity index (χ4v) is 3.15. The van der Waals surface area contributed by atoms with Crippen molar-refractivity contribution in [1.29, 1.82) is 0 Å². The Kier molecular flexibility index (Phi) is 4.54. The molecule has 1 atom stereocenters. The van der Waals surface area contributed by atoms with E-state index in [9.17, 15) is 4.79 Å². The molecule has 1 N–H and O–H groups in total. The third-order valence-electron chi connectivity index (χ3n) is 4.92. The Bertz CT molecular complexity index is 315. The second kappa shape index (κ2) is 5.82. The third-order valence-corrected chi connectivity index (χ3v) is 4.92. The van der Waals surface area contributed by atoms with Gasteiger partial charge in [0, 0.05) is 19.1 Å². The molecule has 0 spiro atoms. The summed E-state index contributed by atoms with van der Waals surface area (Å²) in [6.45, 7) is 11.7. The summed E-state index contributed by atoms with van der Waals surface area (Å²) in [5.74, 6) is 1.52. The first-order chi connectivity index (χ1) is 8.97. The minimum Gasteiger partial charge on any atom is -0.339 e. The van der Waals surface area contributed by atoms with Crippen molar-refractivity contribution >= 4 is 5.91 Å². The van der Waals surface area contributed by atoms with Crippen LogP contribution in [0.4, 0.5) is 0 Å². The summed E-state index contributed by atoms with van der Waals surface area (Å²) in [4.78, 5) is 15.3. The largest absolute Gasteiger partial charge is 0.339 e. The number of nitrogens with zero attached hydrogens (tertiary/aromatic N) is 1. The van der Waals surface area contributed by atoms with Gasteiger partial charge in [-0.3, -0.25) is 4.79 Å². The second-order valence-electron chi connectivity index (χ2n) is 7.15. The summed E-state index contributed by atoms with van der Waals surface area (Å²) in [5.41, 5.74) is -0.139. The Morgan fingerprint density at radius 3 is 2.42 bits per heavy atom. The number of carbonyl (C=O) groups is 1. The highest BCUT2D eigenvalue weighted by atomic mass is 16.2. The highest BCUT2D eigenvalue weighted by molar-refractivity contribution is 5.84. The average molecular weight is 266 g/mol. The quantitative estimate of drug-likeness (QED) is 0.801. The fourth-order valence-electron chi connectivity index (χ4n) is 3.15. The van der Waals surface area contributed by atoms with Gasteiger partial charge in [-0.1, -0.05) is 27.7 Å². The molecule has 1 amide bonds. The zero-order chi connectivity index (χ0) is 14.0. The van der Waals surface area contributed by atoms with Crippen LogP contribution in [0.25, 0.3) is 0 Å². The van der Waals surface area contributed by atoms with Crippen LogP contribution in [0.3, 0.4) is 0 Å². The Hall–Kier alpha value is -0.570. The van der Waals surface area contributed by atoms with Crippen LogP contribution in [0.15, 0.2) is 0 Å². The molecule has 1 unspecified atom stereocenters. The molecule has 2 rings (SSSR count). The van der Waals surface area contributed by atoms with Crippen molar-refractivity contribution in [3.8, 4) is 0 Å². The minimum absolute atomic E-state index is 0.139. The van der Waals surface area contributed by atoms with Crippen LogP contribution in [0, 0.1) is 17.3 Å². The highest BCUT2D eigenvalue weighted by Gasteiger charge is 2.48. The first kappa shape index (κ1) is 14.8. The van der Waals surface area contributed by atoms with Gasteiger partial charge in [-0.2, -0.15) is 0 Å². The van der Waals surface area contributed by atoms with E-state index in [1.165, 1.54) is 12.8 Å². The minimum atomic E-state index is -0.139. The summed E-state index contributed by atoms with van der Waals surface area (Å²) in [6, 6.07) is 0.544. The number of carbonyl (C=O) groups excluding carboxylic acids is 1. The van der Waals surface area contributed by atoms with Gasteiger partial charge in [-0.25, -0.2) is 0 Å². The summed E-state index contributed by atoms with van der Waals surface area (Å²) in [7, 11) is 0. The molecule has 0 bridgehead atoms. The first-order valence-corrected chi connectivity index (χ1v) is 7.99. The van der Waals surface area contributed by atoms with E-state index in [4.69, 9.17) is 0 Å². The maximum absolute atomic E-state index is 13.1. The standard InChI is InChI=1S/C16H30N2O/c1-12(2)7-10-18(14-5-6-14)15(19)16(13(3)4)8-9-17-11-16/h12-14,17H,5-11H2,1-4H3. The topological polar surface area (TPSA) is 32.3 Å². The molecule has 2 fully saturated rings. The smallest absolute Gasteiger partial charge is 0.230 e. The fraction of sp³-hybridized carbons (Fsp3) is 0.938. The molecule has 0 aromatic carbocycles. The van der Waals surface area contributed by atoms with Crippen molar-refractivity contribution < 1.29 is 4.79 Å². The van der Waals surface area contributed by atoms with E-state index in [1.54, 1.807) is 0 Å². The molecule has 3 nitrogen and oxygen atoms in total. The number of hydrogen-bond donors (Lipinski definition) is 1. The van der Waals surface area contributed by atoms with Gasteiger partial charge in [0.2, 0.25) is 5.91 Å². The number of nitrogens with one attached hydrogen (secondary N) is 1. The number of amides is 1. The zero-order valence-electron chi connectivity index (χ0n) is 13.0. The van der Waals surface area contributed by atoms with E-state index in [1.807, 2.05) is 0 Å². The molecule has 3 heteroatoms. The van der Waals surface area contributed by atoms with Crippen LogP contribution >= 0.6 is 0 Å². The normalized spacial score (nSPS) is 27.3. The van der Waals surface area contributed by atoms with Crippen molar-refractivity contribution in [2.75, 3.05) is 19.6 Å². The van der Waals surface area contributed by atoms with Crippen LogP contribution in [0.5, 0.6) is 0 Å². The Morgan fingerprint density at radius 1 is 1.32 bits per heavy atom. The summed E-state index contributed by atoms with van der Waals surface area (Å²) >= 11 is 0. The van der Waals surface area contributed by atoms with Crippen LogP contribution in [-0.4, -0.2) is 36.5 Å². The van der Waals surface area contributed by atoms with Gasteiger partial charge in [0.25, 0.3) is 0 Å². The zero-order valence-corrected chi connectivity index (χ0v) is 13.0. The lowest BCUT2D eigenvalue weighted by molar-refractivity contribution is -0.144. The van der Waals surface area contributed by atoms with Crippen LogP contribution in [0.2, 0.25) is 0 Å². The van der Waals surface area contributed by atoms with Gasteiger partial charge < -0.3 is 10.2 Å². The highest BCUT2D eigenvalue weighted by Crippen LogP contribution is 2.39. The molecule has 1 saturated heterocycles. The maximum Gasteiger partial charge on any atom is 0.230 e. The average Bonchev–Trinajstić information content (AvgIpc) is 3.05. The predicted molar refractivity (Wildman–Crippen MR) is 78.9 cm³/mol. The van der Waals surface area contributed by atoms with E-state index in [-0.39, 0.29) is 5.41 Å². The van der Waals surface area contributed by atoms with Gasteiger partial charge in [0.05, 0.1) is 5.41 Å². The molecule has 19 heavy (non-hydrogen) atoms. The molecule has 1 saturated carbocycles. The van der Waals surface area contributed by atoms with Crippen molar-refractivity contribution in [1.82, 2.24) is 10.2 Å². The monoisotopic (exact) mass is 266 g/mol. The summed E-state index contributed by atoms with van der Waals surface area (Å²) in [6.07, 6.45) is 4.56. The first-order valence-electron chi connectivity index (χ1n) is 7.99. The molecule has 2 aliphatic rings. The molecular weight excluding hydrogens is 236 g/mol. The summed E-state index contributed by atoms with van der Waals surface area (Å²) in [5, 5.41) is 3.41. The molecular formula is C16H30N2O. The molecule has 0 radical (unpaired) electrons. The van der Waals surface area contributed by atoms with Crippen molar-refractivity contribution in [2.24, 2.45) is 17.3 Å². The third kappa shape index (κ3) is 3.13. The predicted octanol–water partition coefficient (Wildman–Crippen LogP) is 2.66. The number of hydrogen-bond acceptors (Lipinski definition) is 2. The van der Waals surface area contributed by atoms with Gasteiger partial charge in [0.15, 0.2) is 0 Å². The summed E-state index contributed by atoms with van der Waals surface area (Å²) < 4.78 is 0. The lowest BCUT2D eigenvalue weighted by Gasteiger charge is -2.37. The lowest BCUT2D eigenvalue weighted by Crippen LogP contribution is -2.49. The molecule has 1 aliphatic heterocycles. The number of rotatable bonds is 6. The molecule has 110 valence electrons. The Labute approximate surface area is 118 Å². The van der Waals surface area contributed by atoms with Gasteiger partial charge >= 0.3 is 0 Å². The van der Waals surface area contributed by atoms with E-state index in [2.05, 4.69) is 37.9 Å². The van der Waals surface area contributed by atoms with E-state index in [0.717, 1.165) is 32.5 Å². The lowest BCUT2D eigenvalue weighted by atomic mass is 9.75. The molecule has 0 aromatic heterocycles.